The molecular weight excluding hydrogens is 232 g/mol. The van der Waals surface area contributed by atoms with E-state index in [2.05, 4.69) is 0 Å². The van der Waals surface area contributed by atoms with Gasteiger partial charge in [0.2, 0.25) is 0 Å². The topological polar surface area (TPSA) is 55.5 Å². The molecule has 2 rings (SSSR count). The maximum absolute atomic E-state index is 11.7. The molecule has 0 aliphatic carbocycles. The number of carbonyl (C=O) groups excluding carboxylic acids is 1. The predicted molar refractivity (Wildman–Crippen MR) is 69.0 cm³/mol. The highest BCUT2D eigenvalue weighted by atomic mass is 16.4. The van der Waals surface area contributed by atoms with E-state index < -0.39 is 0 Å². The van der Waals surface area contributed by atoms with E-state index in [1.165, 1.54) is 6.92 Å². The van der Waals surface area contributed by atoms with Crippen molar-refractivity contribution < 1.29 is 9.21 Å². The van der Waals surface area contributed by atoms with Crippen LogP contribution in [0, 0.1) is 0 Å². The lowest BCUT2D eigenvalue weighted by Gasteiger charge is -2.09. The minimum absolute atomic E-state index is 0.0411. The Kier molecular flexibility index (Phi) is 3.34. The Hall–Kier alpha value is -1.88. The van der Waals surface area contributed by atoms with Gasteiger partial charge in [0, 0.05) is 18.7 Å². The molecule has 0 aliphatic rings. The molecule has 0 aliphatic heterocycles. The molecule has 5 heteroatoms. The molecule has 0 fully saturated rings. The lowest BCUT2D eigenvalue weighted by atomic mass is 10.1. The Bertz CT molecular complexity index is 637. The summed E-state index contributed by atoms with van der Waals surface area (Å²) in [5.74, 6) is -0.423. The quantitative estimate of drug-likeness (QED) is 0.767. The van der Waals surface area contributed by atoms with Crippen molar-refractivity contribution in [3.05, 3.63) is 34.3 Å². The molecule has 0 N–H and O–H groups in total. The second-order valence-electron chi connectivity index (χ2n) is 4.56. The lowest BCUT2D eigenvalue weighted by Crippen LogP contribution is -2.23. The van der Waals surface area contributed by atoms with Crippen molar-refractivity contribution in [3.8, 4) is 0 Å². The summed E-state index contributed by atoms with van der Waals surface area (Å²) in [6, 6.07) is 5.09. The molecule has 1 aromatic carbocycles. The number of Topliss-reactive ketones (excluding diaryl/α,β-unsaturated/α-hetero) is 1. The molecule has 0 unspecified atom stereocenters. The van der Waals surface area contributed by atoms with Crippen molar-refractivity contribution in [1.29, 1.82) is 0 Å². The maximum atomic E-state index is 11.7. The number of nitrogens with zero attached hydrogens (tertiary/aromatic N) is 2. The van der Waals surface area contributed by atoms with E-state index in [1.54, 1.807) is 22.8 Å². The van der Waals surface area contributed by atoms with Crippen LogP contribution in [0.5, 0.6) is 0 Å². The van der Waals surface area contributed by atoms with Crippen molar-refractivity contribution in [2.24, 2.45) is 0 Å². The molecule has 1 heterocycles. The van der Waals surface area contributed by atoms with Crippen LogP contribution < -0.4 is 5.76 Å². The van der Waals surface area contributed by atoms with Gasteiger partial charge in [0.05, 0.1) is 5.52 Å². The molecule has 0 saturated heterocycles. The zero-order valence-electron chi connectivity index (χ0n) is 10.8. The molecule has 5 nitrogen and oxygen atoms in total. The van der Waals surface area contributed by atoms with Crippen LogP contribution in [0.4, 0.5) is 0 Å². The number of ketones is 1. The fourth-order valence-corrected chi connectivity index (χ4v) is 1.80. The molecule has 0 radical (unpaired) electrons. The fourth-order valence-electron chi connectivity index (χ4n) is 1.80. The third-order valence-electron chi connectivity index (χ3n) is 2.85. The molecule has 0 amide bonds. The second-order valence-corrected chi connectivity index (χ2v) is 4.56. The Labute approximate surface area is 105 Å². The van der Waals surface area contributed by atoms with Crippen LogP contribution in [0.3, 0.4) is 0 Å². The van der Waals surface area contributed by atoms with Crippen LogP contribution in [-0.2, 0) is 6.54 Å². The van der Waals surface area contributed by atoms with Gasteiger partial charge in [-0.25, -0.2) is 4.79 Å². The number of fused-ring (bicyclic) bond motifs is 1. The number of likely N-dealkylation sites (N-methyl/N-ethyl adjacent to an activating group) is 1. The summed E-state index contributed by atoms with van der Waals surface area (Å²) >= 11 is 0. The summed E-state index contributed by atoms with van der Waals surface area (Å²) in [5, 5.41) is 0. The molecule has 0 saturated carbocycles. The fraction of sp³-hybridized carbons (Fsp3) is 0.385. The van der Waals surface area contributed by atoms with Crippen molar-refractivity contribution in [3.63, 3.8) is 0 Å². The van der Waals surface area contributed by atoms with Gasteiger partial charge in [-0.2, -0.15) is 0 Å². The normalized spacial score (nSPS) is 11.3. The summed E-state index contributed by atoms with van der Waals surface area (Å²) in [7, 11) is 3.89. The van der Waals surface area contributed by atoms with Gasteiger partial charge in [0.1, 0.15) is 0 Å². The molecule has 0 spiro atoms. The zero-order chi connectivity index (χ0) is 13.3. The molecule has 1 aromatic heterocycles. The van der Waals surface area contributed by atoms with Crippen LogP contribution in [0.1, 0.15) is 17.3 Å². The number of aromatic nitrogens is 1. The number of rotatable bonds is 4. The smallest absolute Gasteiger partial charge is 0.408 e. The van der Waals surface area contributed by atoms with E-state index in [1.807, 2.05) is 19.0 Å². The third-order valence-corrected chi connectivity index (χ3v) is 2.85. The predicted octanol–water partition coefficient (Wildman–Crippen LogP) is 1.36. The Morgan fingerprint density at radius 2 is 2.11 bits per heavy atom. The van der Waals surface area contributed by atoms with Crippen LogP contribution in [0.2, 0.25) is 0 Å². The van der Waals surface area contributed by atoms with Gasteiger partial charge in [-0.1, -0.05) is 0 Å². The molecule has 0 bridgehead atoms. The zero-order valence-corrected chi connectivity index (χ0v) is 10.8. The van der Waals surface area contributed by atoms with Gasteiger partial charge in [0.15, 0.2) is 11.4 Å². The molecule has 2 aromatic rings. The number of hydrogen-bond donors (Lipinski definition) is 0. The highest BCUT2D eigenvalue weighted by molar-refractivity contribution is 5.96. The first kappa shape index (κ1) is 12.6. The van der Waals surface area contributed by atoms with E-state index in [-0.39, 0.29) is 11.5 Å². The minimum Gasteiger partial charge on any atom is -0.408 e. The summed E-state index contributed by atoms with van der Waals surface area (Å²) in [5.41, 5.74) is 1.74. The van der Waals surface area contributed by atoms with Crippen molar-refractivity contribution >= 4 is 16.9 Å². The van der Waals surface area contributed by atoms with Gasteiger partial charge in [-0.05, 0) is 39.2 Å². The van der Waals surface area contributed by atoms with Crippen molar-refractivity contribution in [2.45, 2.75) is 13.5 Å². The van der Waals surface area contributed by atoms with Crippen molar-refractivity contribution in [2.75, 3.05) is 20.6 Å². The number of carbonyl (C=O) groups is 1. The van der Waals surface area contributed by atoms with E-state index >= 15 is 0 Å². The lowest BCUT2D eigenvalue weighted by molar-refractivity contribution is 0.101. The highest BCUT2D eigenvalue weighted by Crippen LogP contribution is 2.15. The first-order valence-electron chi connectivity index (χ1n) is 5.78. The van der Waals surface area contributed by atoms with Crippen LogP contribution >= 0.6 is 0 Å². The maximum Gasteiger partial charge on any atom is 0.419 e. The van der Waals surface area contributed by atoms with Gasteiger partial charge in [-0.3, -0.25) is 9.36 Å². The van der Waals surface area contributed by atoms with Crippen molar-refractivity contribution in [1.82, 2.24) is 9.47 Å². The molecular formula is C13H16N2O3. The Balaban J connectivity index is 2.45. The van der Waals surface area contributed by atoms with Crippen LogP contribution in [0.15, 0.2) is 27.4 Å². The molecule has 96 valence electrons. The monoisotopic (exact) mass is 248 g/mol. The number of benzene rings is 1. The standard InChI is InChI=1S/C13H16N2O3/c1-9(16)10-4-5-11-12(8-10)18-13(17)15(11)7-6-14(2)3/h4-5,8H,6-7H2,1-3H3. The van der Waals surface area contributed by atoms with Gasteiger partial charge in [0.25, 0.3) is 0 Å². The first-order chi connectivity index (χ1) is 8.49. The van der Waals surface area contributed by atoms with E-state index in [4.69, 9.17) is 4.42 Å². The molecule has 0 atom stereocenters. The average Bonchev–Trinajstić information content (AvgIpc) is 2.60. The van der Waals surface area contributed by atoms with Gasteiger partial charge in [-0.15, -0.1) is 0 Å². The number of hydrogen-bond acceptors (Lipinski definition) is 4. The number of oxazole rings is 1. The summed E-state index contributed by atoms with van der Waals surface area (Å²) in [4.78, 5) is 25.0. The molecule has 18 heavy (non-hydrogen) atoms. The largest absolute Gasteiger partial charge is 0.419 e. The Morgan fingerprint density at radius 1 is 1.39 bits per heavy atom. The third kappa shape index (κ3) is 2.36. The SMILES string of the molecule is CC(=O)c1ccc2c(c1)oc(=O)n2CCN(C)C. The van der Waals surface area contributed by atoms with E-state index in [9.17, 15) is 9.59 Å². The van der Waals surface area contributed by atoms with E-state index in [0.717, 1.165) is 12.1 Å². The van der Waals surface area contributed by atoms with E-state index in [0.29, 0.717) is 17.7 Å². The highest BCUT2D eigenvalue weighted by Gasteiger charge is 2.11. The summed E-state index contributed by atoms with van der Waals surface area (Å²) < 4.78 is 6.74. The first-order valence-corrected chi connectivity index (χ1v) is 5.78. The van der Waals surface area contributed by atoms with Crippen LogP contribution in [0.25, 0.3) is 11.1 Å². The second kappa shape index (κ2) is 4.78. The summed E-state index contributed by atoms with van der Waals surface area (Å²) in [6.07, 6.45) is 0. The summed E-state index contributed by atoms with van der Waals surface area (Å²) in [6.45, 7) is 2.81. The van der Waals surface area contributed by atoms with Gasteiger partial charge >= 0.3 is 5.76 Å². The minimum atomic E-state index is -0.382. The Morgan fingerprint density at radius 3 is 2.72 bits per heavy atom. The van der Waals surface area contributed by atoms with Crippen LogP contribution in [-0.4, -0.2) is 35.9 Å². The average molecular weight is 248 g/mol. The van der Waals surface area contributed by atoms with Gasteiger partial charge < -0.3 is 9.32 Å².